The van der Waals surface area contributed by atoms with Crippen LogP contribution in [0.2, 0.25) is 0 Å². The highest BCUT2D eigenvalue weighted by Gasteiger charge is 2.29. The highest BCUT2D eigenvalue weighted by molar-refractivity contribution is 4.80. The molecular formula is C12H24O. The fraction of sp³-hybridized carbons (Fsp3) is 1.00. The first kappa shape index (κ1) is 11.0. The van der Waals surface area contributed by atoms with Gasteiger partial charge in [0.2, 0.25) is 0 Å². The molecule has 1 saturated carbocycles. The van der Waals surface area contributed by atoms with E-state index in [2.05, 4.69) is 20.8 Å². The molecule has 0 aromatic carbocycles. The Labute approximate surface area is 82.5 Å². The van der Waals surface area contributed by atoms with Crippen molar-refractivity contribution in [1.82, 2.24) is 0 Å². The zero-order valence-electron chi connectivity index (χ0n) is 9.29. The smallest absolute Gasteiger partial charge is 0.0433 e. The van der Waals surface area contributed by atoms with Crippen LogP contribution in [0, 0.1) is 23.7 Å². The summed E-state index contributed by atoms with van der Waals surface area (Å²) >= 11 is 0. The normalized spacial score (nSPS) is 35.3. The van der Waals surface area contributed by atoms with Crippen LogP contribution >= 0.6 is 0 Å². The molecule has 0 spiro atoms. The Morgan fingerprint density at radius 1 is 1.31 bits per heavy atom. The fourth-order valence-electron chi connectivity index (χ4n) is 2.90. The summed E-state index contributed by atoms with van der Waals surface area (Å²) in [5.74, 6) is 3.33. The summed E-state index contributed by atoms with van der Waals surface area (Å²) in [6.45, 7) is 7.37. The lowest BCUT2D eigenvalue weighted by atomic mass is 9.69. The lowest BCUT2D eigenvalue weighted by Gasteiger charge is -2.37. The lowest BCUT2D eigenvalue weighted by molar-refractivity contribution is 0.114. The first-order valence-corrected chi connectivity index (χ1v) is 5.76. The van der Waals surface area contributed by atoms with Crippen LogP contribution in [0.25, 0.3) is 0 Å². The predicted molar refractivity (Wildman–Crippen MR) is 56.5 cm³/mol. The molecule has 1 aliphatic rings. The van der Waals surface area contributed by atoms with Gasteiger partial charge in [-0.05, 0) is 42.9 Å². The number of aliphatic hydroxyl groups excluding tert-OH is 1. The van der Waals surface area contributed by atoms with Gasteiger partial charge in [0.1, 0.15) is 0 Å². The minimum atomic E-state index is 0.376. The molecule has 0 aromatic rings. The van der Waals surface area contributed by atoms with Crippen molar-refractivity contribution in [3.8, 4) is 0 Å². The van der Waals surface area contributed by atoms with Crippen LogP contribution in [0.3, 0.4) is 0 Å². The van der Waals surface area contributed by atoms with E-state index < -0.39 is 0 Å². The van der Waals surface area contributed by atoms with Crippen molar-refractivity contribution in [1.29, 1.82) is 0 Å². The maximum atomic E-state index is 9.00. The van der Waals surface area contributed by atoms with E-state index in [4.69, 9.17) is 5.11 Å². The molecule has 78 valence electrons. The van der Waals surface area contributed by atoms with Crippen molar-refractivity contribution >= 4 is 0 Å². The van der Waals surface area contributed by atoms with Crippen LogP contribution in [0.1, 0.15) is 46.5 Å². The van der Waals surface area contributed by atoms with Crippen LogP contribution in [0.5, 0.6) is 0 Å². The summed E-state index contributed by atoms with van der Waals surface area (Å²) in [7, 11) is 0. The van der Waals surface area contributed by atoms with Crippen LogP contribution < -0.4 is 0 Å². The van der Waals surface area contributed by atoms with Crippen LogP contribution in [-0.4, -0.2) is 11.7 Å². The van der Waals surface area contributed by atoms with Gasteiger partial charge in [-0.15, -0.1) is 0 Å². The summed E-state index contributed by atoms with van der Waals surface area (Å²) in [4.78, 5) is 0. The first-order chi connectivity index (χ1) is 6.15. The number of aliphatic hydroxyl groups is 1. The van der Waals surface area contributed by atoms with Crippen LogP contribution in [0.4, 0.5) is 0 Å². The molecule has 1 aliphatic carbocycles. The van der Waals surface area contributed by atoms with Gasteiger partial charge in [-0.1, -0.05) is 27.2 Å². The van der Waals surface area contributed by atoms with Crippen molar-refractivity contribution in [2.24, 2.45) is 23.7 Å². The Balaban J connectivity index is 2.50. The largest absolute Gasteiger partial charge is 0.396 e. The van der Waals surface area contributed by atoms with Gasteiger partial charge >= 0.3 is 0 Å². The third kappa shape index (κ3) is 2.98. The Morgan fingerprint density at radius 2 is 2.00 bits per heavy atom. The Kier molecular flexibility index (Phi) is 4.24. The van der Waals surface area contributed by atoms with Gasteiger partial charge in [-0.3, -0.25) is 0 Å². The minimum absolute atomic E-state index is 0.376. The van der Waals surface area contributed by atoms with Gasteiger partial charge in [0.25, 0.3) is 0 Å². The molecule has 3 atom stereocenters. The van der Waals surface area contributed by atoms with E-state index >= 15 is 0 Å². The lowest BCUT2D eigenvalue weighted by Crippen LogP contribution is -2.28. The number of hydrogen-bond acceptors (Lipinski definition) is 1. The monoisotopic (exact) mass is 184 g/mol. The van der Waals surface area contributed by atoms with Gasteiger partial charge in [0, 0.05) is 6.61 Å². The van der Waals surface area contributed by atoms with Gasteiger partial charge in [-0.25, -0.2) is 0 Å². The standard InChI is InChI=1S/C12H24O/c1-9(2)12-5-4-10(3)8-11(12)6-7-13/h9-13H,4-8H2,1-3H3/t10?,11?,12-/m0/s1. The van der Waals surface area contributed by atoms with E-state index in [1.165, 1.54) is 19.3 Å². The summed E-state index contributed by atoms with van der Waals surface area (Å²) < 4.78 is 0. The molecule has 0 aliphatic heterocycles. The SMILES string of the molecule is CC1CC[C@@H](C(C)C)C(CCO)C1. The predicted octanol–water partition coefficient (Wildman–Crippen LogP) is 3.08. The zero-order chi connectivity index (χ0) is 9.84. The molecule has 1 rings (SSSR count). The molecule has 0 aromatic heterocycles. The quantitative estimate of drug-likeness (QED) is 0.714. The topological polar surface area (TPSA) is 20.2 Å². The molecule has 1 fully saturated rings. The van der Waals surface area contributed by atoms with Gasteiger partial charge in [0.05, 0.1) is 0 Å². The average molecular weight is 184 g/mol. The third-order valence-corrected chi connectivity index (χ3v) is 3.66. The molecule has 1 N–H and O–H groups in total. The molecule has 13 heavy (non-hydrogen) atoms. The van der Waals surface area contributed by atoms with E-state index in [0.717, 1.165) is 30.1 Å². The third-order valence-electron chi connectivity index (χ3n) is 3.66. The molecule has 0 amide bonds. The Hall–Kier alpha value is -0.0400. The first-order valence-electron chi connectivity index (χ1n) is 5.76. The van der Waals surface area contributed by atoms with Crippen molar-refractivity contribution in [3.05, 3.63) is 0 Å². The molecule has 2 unspecified atom stereocenters. The highest BCUT2D eigenvalue weighted by atomic mass is 16.3. The molecule has 0 bridgehead atoms. The molecule has 0 heterocycles. The summed E-state index contributed by atoms with van der Waals surface area (Å²) in [6, 6.07) is 0. The molecule has 0 radical (unpaired) electrons. The second kappa shape index (κ2) is 4.99. The fourth-order valence-corrected chi connectivity index (χ4v) is 2.90. The van der Waals surface area contributed by atoms with Crippen molar-refractivity contribution in [2.45, 2.75) is 46.5 Å². The maximum Gasteiger partial charge on any atom is 0.0433 e. The van der Waals surface area contributed by atoms with Crippen LogP contribution in [0.15, 0.2) is 0 Å². The summed E-state index contributed by atoms with van der Waals surface area (Å²) in [5, 5.41) is 9.00. The van der Waals surface area contributed by atoms with Crippen molar-refractivity contribution in [3.63, 3.8) is 0 Å². The van der Waals surface area contributed by atoms with Gasteiger partial charge < -0.3 is 5.11 Å². The summed E-state index contributed by atoms with van der Waals surface area (Å²) in [5.41, 5.74) is 0. The van der Waals surface area contributed by atoms with Crippen molar-refractivity contribution in [2.75, 3.05) is 6.61 Å². The molecule has 1 heteroatoms. The molecular weight excluding hydrogens is 160 g/mol. The van der Waals surface area contributed by atoms with E-state index in [1.807, 2.05) is 0 Å². The Morgan fingerprint density at radius 3 is 2.54 bits per heavy atom. The minimum Gasteiger partial charge on any atom is -0.396 e. The van der Waals surface area contributed by atoms with E-state index in [0.29, 0.717) is 6.61 Å². The highest BCUT2D eigenvalue weighted by Crippen LogP contribution is 2.39. The van der Waals surface area contributed by atoms with E-state index in [1.54, 1.807) is 0 Å². The second-order valence-corrected chi connectivity index (χ2v) is 5.10. The number of rotatable bonds is 3. The van der Waals surface area contributed by atoms with Gasteiger partial charge in [-0.2, -0.15) is 0 Å². The average Bonchev–Trinajstić information content (AvgIpc) is 2.04. The molecule has 1 nitrogen and oxygen atoms in total. The van der Waals surface area contributed by atoms with Crippen molar-refractivity contribution < 1.29 is 5.11 Å². The van der Waals surface area contributed by atoms with Gasteiger partial charge in [0.15, 0.2) is 0 Å². The summed E-state index contributed by atoms with van der Waals surface area (Å²) in [6.07, 6.45) is 5.13. The van der Waals surface area contributed by atoms with Crippen LogP contribution in [-0.2, 0) is 0 Å². The second-order valence-electron chi connectivity index (χ2n) is 5.10. The maximum absolute atomic E-state index is 9.00. The molecule has 0 saturated heterocycles. The van der Waals surface area contributed by atoms with E-state index in [9.17, 15) is 0 Å². The zero-order valence-corrected chi connectivity index (χ0v) is 9.29. The number of hydrogen-bond donors (Lipinski definition) is 1. The van der Waals surface area contributed by atoms with E-state index in [-0.39, 0.29) is 0 Å². The Bertz CT molecular complexity index is 142.